The van der Waals surface area contributed by atoms with Crippen molar-refractivity contribution in [2.45, 2.75) is 31.8 Å². The van der Waals surface area contributed by atoms with E-state index < -0.39 is 0 Å². The SMILES string of the molecule is C[C@H](N)c1ccc(N2CCCC2CO)cc1Br. The number of benzene rings is 1. The number of aliphatic hydroxyl groups excluding tert-OH is 1. The molecule has 0 amide bonds. The Kier molecular flexibility index (Phi) is 4.07. The van der Waals surface area contributed by atoms with Crippen LogP contribution >= 0.6 is 15.9 Å². The van der Waals surface area contributed by atoms with E-state index in [1.165, 1.54) is 0 Å². The maximum Gasteiger partial charge on any atom is 0.0635 e. The van der Waals surface area contributed by atoms with E-state index in [-0.39, 0.29) is 18.7 Å². The van der Waals surface area contributed by atoms with Crippen molar-refractivity contribution in [3.63, 3.8) is 0 Å². The highest BCUT2D eigenvalue weighted by Gasteiger charge is 2.24. The summed E-state index contributed by atoms with van der Waals surface area (Å²) in [6.45, 7) is 3.23. The summed E-state index contributed by atoms with van der Waals surface area (Å²) in [5.74, 6) is 0. The largest absolute Gasteiger partial charge is 0.394 e. The zero-order valence-corrected chi connectivity index (χ0v) is 11.7. The summed E-state index contributed by atoms with van der Waals surface area (Å²) in [5, 5.41) is 9.34. The fourth-order valence-corrected chi connectivity index (χ4v) is 3.16. The summed E-state index contributed by atoms with van der Waals surface area (Å²) in [6, 6.07) is 6.56. The molecule has 1 aromatic rings. The van der Waals surface area contributed by atoms with Gasteiger partial charge < -0.3 is 15.7 Å². The third-order valence-electron chi connectivity index (χ3n) is 3.39. The standard InChI is InChI=1S/C13H19BrN2O/c1-9(15)12-5-4-10(7-13(12)14)16-6-2-3-11(16)8-17/h4-5,7,9,11,17H,2-3,6,8,15H2,1H3/t9-,11?/m0/s1. The Bertz CT molecular complexity index is 395. The van der Waals surface area contributed by atoms with Gasteiger partial charge in [-0.3, -0.25) is 0 Å². The van der Waals surface area contributed by atoms with Crippen LogP contribution in [0.1, 0.15) is 31.4 Å². The lowest BCUT2D eigenvalue weighted by molar-refractivity contribution is 0.266. The minimum atomic E-state index is 0.0330. The van der Waals surface area contributed by atoms with Crippen LogP contribution in [0, 0.1) is 0 Å². The highest BCUT2D eigenvalue weighted by Crippen LogP contribution is 2.31. The second-order valence-corrected chi connectivity index (χ2v) is 5.52. The van der Waals surface area contributed by atoms with Crippen molar-refractivity contribution >= 4 is 21.6 Å². The lowest BCUT2D eigenvalue weighted by atomic mass is 10.1. The topological polar surface area (TPSA) is 49.5 Å². The summed E-state index contributed by atoms with van der Waals surface area (Å²) in [5.41, 5.74) is 8.17. The number of halogens is 1. The van der Waals surface area contributed by atoms with Gasteiger partial charge in [-0.25, -0.2) is 0 Å². The average Bonchev–Trinajstić information content (AvgIpc) is 2.76. The molecule has 1 unspecified atom stereocenters. The third kappa shape index (κ3) is 2.64. The highest BCUT2D eigenvalue weighted by molar-refractivity contribution is 9.10. The molecule has 3 nitrogen and oxygen atoms in total. The Morgan fingerprint density at radius 3 is 2.94 bits per heavy atom. The van der Waals surface area contributed by atoms with Crippen LogP contribution in [-0.2, 0) is 0 Å². The van der Waals surface area contributed by atoms with Crippen LogP contribution in [0.25, 0.3) is 0 Å². The van der Waals surface area contributed by atoms with Gasteiger partial charge >= 0.3 is 0 Å². The third-order valence-corrected chi connectivity index (χ3v) is 4.08. The van der Waals surface area contributed by atoms with Crippen LogP contribution in [-0.4, -0.2) is 24.3 Å². The first-order valence-electron chi connectivity index (χ1n) is 6.06. The van der Waals surface area contributed by atoms with Crippen LogP contribution in [0.3, 0.4) is 0 Å². The summed E-state index contributed by atoms with van der Waals surface area (Å²) >= 11 is 3.57. The number of anilines is 1. The molecule has 2 atom stereocenters. The monoisotopic (exact) mass is 298 g/mol. The molecule has 0 saturated carbocycles. The molecule has 2 rings (SSSR count). The molecule has 0 spiro atoms. The minimum Gasteiger partial charge on any atom is -0.394 e. The molecular weight excluding hydrogens is 280 g/mol. The van der Waals surface area contributed by atoms with Gasteiger partial charge in [-0.2, -0.15) is 0 Å². The van der Waals surface area contributed by atoms with E-state index >= 15 is 0 Å². The van der Waals surface area contributed by atoms with Crippen molar-refractivity contribution in [1.82, 2.24) is 0 Å². The molecule has 1 saturated heterocycles. The lowest BCUT2D eigenvalue weighted by Gasteiger charge is -2.26. The molecule has 1 heterocycles. The number of aliphatic hydroxyl groups is 1. The maximum atomic E-state index is 9.34. The van der Waals surface area contributed by atoms with Crippen LogP contribution in [0.2, 0.25) is 0 Å². The lowest BCUT2D eigenvalue weighted by Crippen LogP contribution is -2.32. The second-order valence-electron chi connectivity index (χ2n) is 4.67. The molecule has 17 heavy (non-hydrogen) atoms. The quantitative estimate of drug-likeness (QED) is 0.901. The minimum absolute atomic E-state index is 0.0330. The molecule has 0 radical (unpaired) electrons. The zero-order chi connectivity index (χ0) is 12.4. The number of nitrogens with zero attached hydrogens (tertiary/aromatic N) is 1. The average molecular weight is 299 g/mol. The van der Waals surface area contributed by atoms with E-state index in [0.29, 0.717) is 0 Å². The predicted molar refractivity (Wildman–Crippen MR) is 74.2 cm³/mol. The second kappa shape index (κ2) is 5.38. The van der Waals surface area contributed by atoms with Crippen molar-refractivity contribution in [2.75, 3.05) is 18.1 Å². The first-order valence-corrected chi connectivity index (χ1v) is 6.85. The Morgan fingerprint density at radius 2 is 2.35 bits per heavy atom. The van der Waals surface area contributed by atoms with Gasteiger partial charge in [0.2, 0.25) is 0 Å². The van der Waals surface area contributed by atoms with E-state index in [4.69, 9.17) is 5.73 Å². The van der Waals surface area contributed by atoms with Gasteiger partial charge in [-0.05, 0) is 37.5 Å². The summed E-state index contributed by atoms with van der Waals surface area (Å²) in [7, 11) is 0. The molecule has 1 aliphatic heterocycles. The molecule has 0 aliphatic carbocycles. The molecule has 1 aliphatic rings. The molecule has 0 aromatic heterocycles. The molecule has 1 fully saturated rings. The van der Waals surface area contributed by atoms with Gasteiger partial charge in [0, 0.05) is 22.7 Å². The van der Waals surface area contributed by atoms with E-state index in [1.807, 2.05) is 6.92 Å². The van der Waals surface area contributed by atoms with Crippen molar-refractivity contribution in [1.29, 1.82) is 0 Å². The smallest absolute Gasteiger partial charge is 0.0635 e. The summed E-state index contributed by atoms with van der Waals surface area (Å²) in [4.78, 5) is 2.27. The maximum absolute atomic E-state index is 9.34. The molecule has 0 bridgehead atoms. The predicted octanol–water partition coefficient (Wildman–Crippen LogP) is 2.43. The Hall–Kier alpha value is -0.580. The van der Waals surface area contributed by atoms with E-state index in [2.05, 4.69) is 39.0 Å². The Morgan fingerprint density at radius 1 is 1.59 bits per heavy atom. The molecule has 3 N–H and O–H groups in total. The summed E-state index contributed by atoms with van der Waals surface area (Å²) in [6.07, 6.45) is 2.22. The van der Waals surface area contributed by atoms with Crippen molar-refractivity contribution in [3.8, 4) is 0 Å². The van der Waals surface area contributed by atoms with Gasteiger partial charge in [0.05, 0.1) is 12.6 Å². The van der Waals surface area contributed by atoms with Crippen molar-refractivity contribution in [2.24, 2.45) is 5.73 Å². The first kappa shape index (κ1) is 12.9. The van der Waals surface area contributed by atoms with Gasteiger partial charge in [0.25, 0.3) is 0 Å². The van der Waals surface area contributed by atoms with Gasteiger partial charge in [0.15, 0.2) is 0 Å². The summed E-state index contributed by atoms with van der Waals surface area (Å²) < 4.78 is 1.05. The fraction of sp³-hybridized carbons (Fsp3) is 0.538. The number of hydrogen-bond acceptors (Lipinski definition) is 3. The molecule has 4 heteroatoms. The van der Waals surface area contributed by atoms with E-state index in [0.717, 1.165) is 35.1 Å². The highest BCUT2D eigenvalue weighted by atomic mass is 79.9. The van der Waals surface area contributed by atoms with E-state index in [1.54, 1.807) is 0 Å². The molecule has 1 aromatic carbocycles. The number of rotatable bonds is 3. The normalized spacial score (nSPS) is 21.9. The Labute approximate surface area is 111 Å². The van der Waals surface area contributed by atoms with Gasteiger partial charge in [0.1, 0.15) is 0 Å². The van der Waals surface area contributed by atoms with Crippen molar-refractivity contribution in [3.05, 3.63) is 28.2 Å². The van der Waals surface area contributed by atoms with Gasteiger partial charge in [-0.15, -0.1) is 0 Å². The van der Waals surface area contributed by atoms with E-state index in [9.17, 15) is 5.11 Å². The number of nitrogens with two attached hydrogens (primary N) is 1. The first-order chi connectivity index (χ1) is 8.13. The van der Waals surface area contributed by atoms with Crippen LogP contribution in [0.15, 0.2) is 22.7 Å². The fourth-order valence-electron chi connectivity index (χ4n) is 2.43. The zero-order valence-electron chi connectivity index (χ0n) is 10.1. The van der Waals surface area contributed by atoms with Crippen LogP contribution in [0.5, 0.6) is 0 Å². The number of hydrogen-bond donors (Lipinski definition) is 2. The van der Waals surface area contributed by atoms with Crippen molar-refractivity contribution < 1.29 is 5.11 Å². The molecule has 94 valence electrons. The van der Waals surface area contributed by atoms with Crippen LogP contribution in [0.4, 0.5) is 5.69 Å². The Balaban J connectivity index is 2.25. The van der Waals surface area contributed by atoms with Gasteiger partial charge in [-0.1, -0.05) is 22.0 Å². The van der Waals surface area contributed by atoms with Crippen LogP contribution < -0.4 is 10.6 Å². The molecular formula is C13H19BrN2O.